The first-order chi connectivity index (χ1) is 9.56. The van der Waals surface area contributed by atoms with Gasteiger partial charge in [-0.2, -0.15) is 0 Å². The molecule has 0 aromatic heterocycles. The predicted molar refractivity (Wildman–Crippen MR) is 85.0 cm³/mol. The molecule has 2 atom stereocenters. The summed E-state index contributed by atoms with van der Waals surface area (Å²) < 4.78 is 13.9. The van der Waals surface area contributed by atoms with E-state index in [0.29, 0.717) is 5.69 Å². The Morgan fingerprint density at radius 1 is 1.45 bits per heavy atom. The highest BCUT2D eigenvalue weighted by Crippen LogP contribution is 2.42. The number of hydrogen-bond donors (Lipinski definition) is 1. The van der Waals surface area contributed by atoms with Crippen LogP contribution in [0, 0.1) is 18.7 Å². The summed E-state index contributed by atoms with van der Waals surface area (Å²) in [6, 6.07) is 5.27. The van der Waals surface area contributed by atoms with E-state index in [1.807, 2.05) is 13.0 Å². The highest BCUT2D eigenvalue weighted by Gasteiger charge is 2.39. The fourth-order valence-electron chi connectivity index (χ4n) is 3.25. The quantitative estimate of drug-likeness (QED) is 0.818. The number of nitrogens with zero attached hydrogens (tertiary/aromatic N) is 1. The van der Waals surface area contributed by atoms with Crippen LogP contribution in [-0.4, -0.2) is 16.5 Å². The van der Waals surface area contributed by atoms with Crippen LogP contribution < -0.4 is 5.32 Å². The summed E-state index contributed by atoms with van der Waals surface area (Å²) in [4.78, 5) is 4.89. The van der Waals surface area contributed by atoms with Gasteiger partial charge >= 0.3 is 0 Å². The Hall–Kier alpha value is -1.03. The molecule has 1 heterocycles. The lowest BCUT2D eigenvalue weighted by Crippen LogP contribution is -2.33. The van der Waals surface area contributed by atoms with E-state index in [0.717, 1.165) is 22.4 Å². The molecule has 1 aromatic carbocycles. The molecule has 20 heavy (non-hydrogen) atoms. The number of halogens is 1. The Morgan fingerprint density at radius 3 is 3.05 bits per heavy atom. The maximum Gasteiger partial charge on any atom is 0.161 e. The molecule has 1 saturated carbocycles. The van der Waals surface area contributed by atoms with Crippen molar-refractivity contribution < 1.29 is 4.39 Å². The van der Waals surface area contributed by atoms with Gasteiger partial charge in [0.05, 0.1) is 11.2 Å². The van der Waals surface area contributed by atoms with Gasteiger partial charge in [0.2, 0.25) is 0 Å². The minimum Gasteiger partial charge on any atom is -0.333 e. The fraction of sp³-hybridized carbons (Fsp3) is 0.562. The maximum atomic E-state index is 13.9. The largest absolute Gasteiger partial charge is 0.333 e. The van der Waals surface area contributed by atoms with E-state index in [2.05, 4.69) is 12.2 Å². The van der Waals surface area contributed by atoms with E-state index < -0.39 is 0 Å². The van der Waals surface area contributed by atoms with Crippen molar-refractivity contribution in [3.8, 4) is 0 Å². The van der Waals surface area contributed by atoms with Crippen molar-refractivity contribution in [2.45, 2.75) is 45.1 Å². The number of hydrogen-bond acceptors (Lipinski definition) is 3. The van der Waals surface area contributed by atoms with Crippen LogP contribution >= 0.6 is 11.8 Å². The van der Waals surface area contributed by atoms with Crippen LogP contribution in [0.2, 0.25) is 0 Å². The number of rotatable bonds is 1. The topological polar surface area (TPSA) is 24.4 Å². The summed E-state index contributed by atoms with van der Waals surface area (Å²) in [7, 11) is 0. The molecule has 4 heteroatoms. The number of amidine groups is 1. The van der Waals surface area contributed by atoms with Crippen molar-refractivity contribution in [2.24, 2.45) is 10.9 Å². The summed E-state index contributed by atoms with van der Waals surface area (Å²) in [6.45, 7) is 4.21. The van der Waals surface area contributed by atoms with E-state index in [1.54, 1.807) is 23.9 Å². The third kappa shape index (κ3) is 2.85. The maximum absolute atomic E-state index is 13.9. The lowest BCUT2D eigenvalue weighted by atomic mass is 9.78. The van der Waals surface area contributed by atoms with Gasteiger partial charge in [-0.05, 0) is 43.4 Å². The molecule has 1 aliphatic carbocycles. The van der Waals surface area contributed by atoms with Crippen LogP contribution in [0.3, 0.4) is 0 Å². The summed E-state index contributed by atoms with van der Waals surface area (Å²) in [5.74, 6) is 1.59. The smallest absolute Gasteiger partial charge is 0.161 e. The molecule has 1 aromatic rings. The molecular weight excluding hydrogens is 271 g/mol. The van der Waals surface area contributed by atoms with Crippen molar-refractivity contribution in [3.05, 3.63) is 29.6 Å². The highest BCUT2D eigenvalue weighted by atomic mass is 32.2. The summed E-state index contributed by atoms with van der Waals surface area (Å²) >= 11 is 1.73. The van der Waals surface area contributed by atoms with Crippen LogP contribution in [-0.2, 0) is 0 Å². The minimum absolute atomic E-state index is 0.103. The van der Waals surface area contributed by atoms with Crippen molar-refractivity contribution in [3.63, 3.8) is 0 Å². The Labute approximate surface area is 124 Å². The lowest BCUT2D eigenvalue weighted by molar-refractivity contribution is 0.266. The number of aryl methyl sites for hydroxylation is 1. The Kier molecular flexibility index (Phi) is 3.76. The predicted octanol–water partition coefficient (Wildman–Crippen LogP) is 4.60. The zero-order valence-corrected chi connectivity index (χ0v) is 12.9. The molecule has 0 amide bonds. The normalized spacial score (nSPS) is 29.6. The van der Waals surface area contributed by atoms with Crippen LogP contribution in [0.15, 0.2) is 23.2 Å². The minimum atomic E-state index is -0.203. The second kappa shape index (κ2) is 5.40. The van der Waals surface area contributed by atoms with Gasteiger partial charge in [-0.1, -0.05) is 37.6 Å². The first kappa shape index (κ1) is 13.9. The number of thioether (sulfide) groups is 1. The van der Waals surface area contributed by atoms with Crippen LogP contribution in [0.25, 0.3) is 0 Å². The zero-order chi connectivity index (χ0) is 14.2. The van der Waals surface area contributed by atoms with Gasteiger partial charge in [0.1, 0.15) is 5.82 Å². The van der Waals surface area contributed by atoms with Gasteiger partial charge in [-0.3, -0.25) is 4.99 Å². The molecule has 2 unspecified atom stereocenters. The average Bonchev–Trinajstić information content (AvgIpc) is 2.75. The molecule has 1 fully saturated rings. The van der Waals surface area contributed by atoms with Crippen molar-refractivity contribution >= 4 is 22.6 Å². The SMILES string of the molecule is Cc1ccc(NC2=NC3(CCCC(C)C3)CS2)c(F)c1. The highest BCUT2D eigenvalue weighted by molar-refractivity contribution is 8.14. The number of nitrogens with one attached hydrogen (secondary N) is 1. The lowest BCUT2D eigenvalue weighted by Gasteiger charge is -2.33. The molecule has 2 aliphatic rings. The molecule has 1 aliphatic heterocycles. The molecular formula is C16H21FN2S. The number of aliphatic imine (C=N–C) groups is 1. The Balaban J connectivity index is 1.75. The van der Waals surface area contributed by atoms with Crippen molar-refractivity contribution in [2.75, 3.05) is 11.1 Å². The summed E-state index contributed by atoms with van der Waals surface area (Å²) in [5, 5.41) is 4.04. The van der Waals surface area contributed by atoms with Crippen molar-refractivity contribution in [1.29, 1.82) is 0 Å². The van der Waals surface area contributed by atoms with E-state index in [-0.39, 0.29) is 11.4 Å². The zero-order valence-electron chi connectivity index (χ0n) is 12.1. The fourth-order valence-corrected chi connectivity index (χ4v) is 4.42. The molecule has 0 bridgehead atoms. The monoisotopic (exact) mass is 292 g/mol. The summed E-state index contributed by atoms with van der Waals surface area (Å²) in [6.07, 6.45) is 4.92. The van der Waals surface area contributed by atoms with Gasteiger partial charge in [0.25, 0.3) is 0 Å². The van der Waals surface area contributed by atoms with Crippen LogP contribution in [0.5, 0.6) is 0 Å². The van der Waals surface area contributed by atoms with Gasteiger partial charge in [0, 0.05) is 5.75 Å². The molecule has 2 nitrogen and oxygen atoms in total. The van der Waals surface area contributed by atoms with Gasteiger partial charge < -0.3 is 5.32 Å². The molecule has 108 valence electrons. The van der Waals surface area contributed by atoms with Crippen LogP contribution in [0.1, 0.15) is 38.2 Å². The molecule has 3 rings (SSSR count). The van der Waals surface area contributed by atoms with Gasteiger partial charge in [-0.25, -0.2) is 4.39 Å². The molecule has 1 spiro atoms. The van der Waals surface area contributed by atoms with E-state index >= 15 is 0 Å². The van der Waals surface area contributed by atoms with Crippen molar-refractivity contribution in [1.82, 2.24) is 0 Å². The van der Waals surface area contributed by atoms with E-state index in [1.165, 1.54) is 25.7 Å². The van der Waals surface area contributed by atoms with Crippen LogP contribution in [0.4, 0.5) is 10.1 Å². The van der Waals surface area contributed by atoms with Gasteiger partial charge in [0.15, 0.2) is 5.17 Å². The second-order valence-electron chi connectivity index (χ2n) is 6.24. The third-order valence-corrected chi connectivity index (χ3v) is 5.40. The molecule has 1 N–H and O–H groups in total. The Bertz CT molecular complexity index is 543. The third-order valence-electron chi connectivity index (χ3n) is 4.25. The average molecular weight is 292 g/mol. The first-order valence-corrected chi connectivity index (χ1v) is 8.31. The Morgan fingerprint density at radius 2 is 2.30 bits per heavy atom. The second-order valence-corrected chi connectivity index (χ2v) is 7.20. The van der Waals surface area contributed by atoms with Gasteiger partial charge in [-0.15, -0.1) is 0 Å². The molecule has 0 radical (unpaired) electrons. The first-order valence-electron chi connectivity index (χ1n) is 7.32. The summed E-state index contributed by atoms with van der Waals surface area (Å²) in [5.41, 5.74) is 1.57. The number of anilines is 1. The number of benzene rings is 1. The van der Waals surface area contributed by atoms with E-state index in [9.17, 15) is 4.39 Å². The van der Waals surface area contributed by atoms with E-state index in [4.69, 9.17) is 4.99 Å². The standard InChI is InChI=1S/C16H21FN2S/c1-11-5-6-14(13(17)8-11)18-15-19-16(10-20-15)7-3-4-12(2)9-16/h5-6,8,12H,3-4,7,9-10H2,1-2H3,(H,18,19). The molecule has 0 saturated heterocycles.